The highest BCUT2D eigenvalue weighted by Gasteiger charge is 2.56. The lowest BCUT2D eigenvalue weighted by molar-refractivity contribution is -0.133. The van der Waals surface area contributed by atoms with Crippen molar-refractivity contribution in [1.29, 1.82) is 0 Å². The van der Waals surface area contributed by atoms with Crippen molar-refractivity contribution < 1.29 is 14.4 Å². The summed E-state index contributed by atoms with van der Waals surface area (Å²) in [7, 11) is 0. The molecule has 3 atom stereocenters. The number of nitrogens with one attached hydrogen (secondary N) is 1. The Morgan fingerprint density at radius 3 is 2.69 bits per heavy atom. The van der Waals surface area contributed by atoms with Crippen molar-refractivity contribution in [2.24, 2.45) is 5.92 Å². The molecule has 1 aliphatic carbocycles. The van der Waals surface area contributed by atoms with Crippen LogP contribution < -0.4 is 5.32 Å². The van der Waals surface area contributed by atoms with Gasteiger partial charge in [0.05, 0.1) is 17.8 Å². The number of nitrogens with zero attached hydrogens (tertiary/aromatic N) is 7. The van der Waals surface area contributed by atoms with Crippen molar-refractivity contribution >= 4 is 40.0 Å². The van der Waals surface area contributed by atoms with Crippen molar-refractivity contribution in [3.8, 4) is 0 Å². The highest BCUT2D eigenvalue weighted by atomic mass is 16.2. The second kappa shape index (κ2) is 8.59. The molecule has 1 saturated carbocycles. The second-order valence-corrected chi connectivity index (χ2v) is 9.08. The summed E-state index contributed by atoms with van der Waals surface area (Å²) in [6.45, 7) is 1.33. The van der Waals surface area contributed by atoms with Crippen LogP contribution in [0.3, 0.4) is 0 Å². The van der Waals surface area contributed by atoms with Gasteiger partial charge in [0.15, 0.2) is 11.6 Å². The van der Waals surface area contributed by atoms with E-state index in [4.69, 9.17) is 0 Å². The van der Waals surface area contributed by atoms with E-state index in [2.05, 4.69) is 30.6 Å². The Hall–Kier alpha value is -4.54. The number of amides is 1. The van der Waals surface area contributed by atoms with E-state index >= 15 is 0 Å². The Bertz CT molecular complexity index is 1490. The Kier molecular flexibility index (Phi) is 5.24. The van der Waals surface area contributed by atoms with Gasteiger partial charge in [0.1, 0.15) is 23.8 Å². The molecule has 1 amide bonds. The van der Waals surface area contributed by atoms with E-state index in [9.17, 15) is 14.4 Å². The van der Waals surface area contributed by atoms with Gasteiger partial charge in [0.2, 0.25) is 11.7 Å². The number of anilines is 2. The summed E-state index contributed by atoms with van der Waals surface area (Å²) in [5.74, 6) is 0.730. The van der Waals surface area contributed by atoms with Crippen LogP contribution in [-0.2, 0) is 11.3 Å². The lowest BCUT2D eigenvalue weighted by atomic mass is 10.0. The zero-order valence-electron chi connectivity index (χ0n) is 19.4. The lowest BCUT2D eigenvalue weighted by Crippen LogP contribution is -2.45. The van der Waals surface area contributed by atoms with Crippen molar-refractivity contribution in [2.75, 3.05) is 5.32 Å². The Morgan fingerprint density at radius 2 is 1.94 bits per heavy atom. The predicted octanol–water partition coefficient (Wildman–Crippen LogP) is 2.43. The topological polar surface area (TPSA) is 136 Å². The van der Waals surface area contributed by atoms with Gasteiger partial charge < -0.3 is 10.2 Å². The molecule has 1 saturated heterocycles. The molecule has 2 fully saturated rings. The van der Waals surface area contributed by atoms with Crippen molar-refractivity contribution in [1.82, 2.24) is 34.8 Å². The van der Waals surface area contributed by atoms with Crippen LogP contribution in [0.15, 0.2) is 55.0 Å². The summed E-state index contributed by atoms with van der Waals surface area (Å²) in [6, 6.07) is 9.91. The number of pyridine rings is 2. The quantitative estimate of drug-likeness (QED) is 0.394. The normalized spacial score (nSPS) is 20.2. The first-order valence-electron chi connectivity index (χ1n) is 11.7. The first-order valence-corrected chi connectivity index (χ1v) is 11.7. The third-order valence-electron chi connectivity index (χ3n) is 6.70. The lowest BCUT2D eigenvalue weighted by Gasteiger charge is -2.26. The summed E-state index contributed by atoms with van der Waals surface area (Å²) in [4.78, 5) is 49.2. The molecule has 4 aromatic heterocycles. The highest BCUT2D eigenvalue weighted by Crippen LogP contribution is 2.48. The van der Waals surface area contributed by atoms with Gasteiger partial charge in [-0.25, -0.2) is 4.98 Å². The van der Waals surface area contributed by atoms with Crippen LogP contribution in [-0.4, -0.2) is 64.4 Å². The van der Waals surface area contributed by atoms with E-state index in [0.717, 1.165) is 6.42 Å². The summed E-state index contributed by atoms with van der Waals surface area (Å²) < 4.78 is 1.49. The van der Waals surface area contributed by atoms with Crippen LogP contribution in [0.1, 0.15) is 40.7 Å². The SMILES string of the molecule is CC(=O)c1nn(CC(=O)N2C3C[C@@H]3C[C@H]2C(=O)c2ccccn2)c2cnc(Nc3cccnn3)cc12. The number of Topliss-reactive ketones (excluding diaryl/α,β-unsaturated/α-hetero) is 2. The van der Waals surface area contributed by atoms with Crippen LogP contribution in [0.2, 0.25) is 0 Å². The Morgan fingerprint density at radius 1 is 1.06 bits per heavy atom. The minimum absolute atomic E-state index is 0.0603. The maximum Gasteiger partial charge on any atom is 0.245 e. The van der Waals surface area contributed by atoms with E-state index in [1.165, 1.54) is 11.6 Å². The van der Waals surface area contributed by atoms with Gasteiger partial charge in [0.25, 0.3) is 0 Å². The van der Waals surface area contributed by atoms with Gasteiger partial charge in [-0.05, 0) is 49.1 Å². The van der Waals surface area contributed by atoms with E-state index in [0.29, 0.717) is 40.6 Å². The number of hydrogen-bond donors (Lipinski definition) is 1. The van der Waals surface area contributed by atoms with Crippen LogP contribution in [0.5, 0.6) is 0 Å². The summed E-state index contributed by atoms with van der Waals surface area (Å²) in [5.41, 5.74) is 1.16. The van der Waals surface area contributed by atoms with Crippen LogP contribution >= 0.6 is 0 Å². The molecule has 5 heterocycles. The fourth-order valence-corrected chi connectivity index (χ4v) is 4.96. The van der Waals surface area contributed by atoms with Gasteiger partial charge in [0, 0.05) is 30.7 Å². The number of rotatable bonds is 7. The third-order valence-corrected chi connectivity index (χ3v) is 6.70. The van der Waals surface area contributed by atoms with Crippen LogP contribution in [0.25, 0.3) is 10.9 Å². The maximum atomic E-state index is 13.5. The van der Waals surface area contributed by atoms with E-state index in [1.54, 1.807) is 59.9 Å². The number of aromatic nitrogens is 6. The van der Waals surface area contributed by atoms with Crippen LogP contribution in [0.4, 0.5) is 11.6 Å². The Labute approximate surface area is 205 Å². The zero-order chi connectivity index (χ0) is 24.8. The summed E-state index contributed by atoms with van der Waals surface area (Å²) in [6.07, 6.45) is 6.25. The van der Waals surface area contributed by atoms with Crippen LogP contribution in [0, 0.1) is 5.92 Å². The monoisotopic (exact) mass is 482 g/mol. The van der Waals surface area contributed by atoms with E-state index in [1.807, 2.05) is 0 Å². The molecule has 180 valence electrons. The van der Waals surface area contributed by atoms with E-state index in [-0.39, 0.29) is 35.8 Å². The summed E-state index contributed by atoms with van der Waals surface area (Å²) in [5, 5.41) is 15.9. The van der Waals surface area contributed by atoms with Gasteiger partial charge in [-0.3, -0.25) is 24.0 Å². The second-order valence-electron chi connectivity index (χ2n) is 9.08. The fraction of sp³-hybridized carbons (Fsp3) is 0.280. The molecule has 0 radical (unpaired) electrons. The number of carbonyl (C=O) groups excluding carboxylic acids is 3. The predicted molar refractivity (Wildman–Crippen MR) is 129 cm³/mol. The number of hydrogen-bond acceptors (Lipinski definition) is 9. The molecule has 1 N–H and O–H groups in total. The third kappa shape index (κ3) is 3.88. The summed E-state index contributed by atoms with van der Waals surface area (Å²) >= 11 is 0. The van der Waals surface area contributed by atoms with Crippen molar-refractivity contribution in [3.63, 3.8) is 0 Å². The van der Waals surface area contributed by atoms with Crippen molar-refractivity contribution in [2.45, 2.75) is 38.4 Å². The van der Waals surface area contributed by atoms with Crippen molar-refractivity contribution in [3.05, 3.63) is 66.4 Å². The molecule has 1 aliphatic heterocycles. The molecule has 6 rings (SSSR count). The smallest absolute Gasteiger partial charge is 0.245 e. The zero-order valence-corrected chi connectivity index (χ0v) is 19.4. The first kappa shape index (κ1) is 22.0. The molecule has 11 nitrogen and oxygen atoms in total. The molecular weight excluding hydrogens is 460 g/mol. The molecule has 2 aliphatic rings. The average molecular weight is 483 g/mol. The van der Waals surface area contributed by atoms with Gasteiger partial charge in [-0.2, -0.15) is 10.2 Å². The minimum Gasteiger partial charge on any atom is -0.327 e. The molecule has 0 aromatic carbocycles. The average Bonchev–Trinajstić information content (AvgIpc) is 3.40. The molecular formula is C25H22N8O3. The molecule has 0 spiro atoms. The number of fused-ring (bicyclic) bond motifs is 2. The largest absolute Gasteiger partial charge is 0.327 e. The first-order chi connectivity index (χ1) is 17.5. The maximum absolute atomic E-state index is 13.5. The number of carbonyl (C=O) groups is 3. The number of piperidine rings is 1. The fourth-order valence-electron chi connectivity index (χ4n) is 4.96. The molecule has 1 unspecified atom stereocenters. The number of likely N-dealkylation sites (tertiary alicyclic amines) is 1. The number of ketones is 2. The highest BCUT2D eigenvalue weighted by molar-refractivity contribution is 6.06. The molecule has 4 aromatic rings. The van der Waals surface area contributed by atoms with E-state index < -0.39 is 6.04 Å². The molecule has 36 heavy (non-hydrogen) atoms. The van der Waals surface area contributed by atoms with Gasteiger partial charge in [-0.1, -0.05) is 6.07 Å². The Balaban J connectivity index is 1.28. The van der Waals surface area contributed by atoms with Gasteiger partial charge in [-0.15, -0.1) is 5.10 Å². The molecule has 0 bridgehead atoms. The van der Waals surface area contributed by atoms with Gasteiger partial charge >= 0.3 is 0 Å². The molecule has 11 heteroatoms. The standard InChI is InChI=1S/C25H22N8O3/c1-14(34)24-16-11-22(29-21-6-4-8-28-30-21)27-12-20(16)32(31-24)13-23(35)33-18-9-15(18)10-19(33)25(36)17-5-2-3-7-26-17/h2-8,11-12,15,18-19H,9-10,13H2,1H3,(H,27,29,30)/t15-,18?,19+/m1/s1. The minimum atomic E-state index is -0.536.